The van der Waals surface area contributed by atoms with Crippen LogP contribution in [-0.2, 0) is 16.4 Å². The lowest BCUT2D eigenvalue weighted by molar-refractivity contribution is 0.106. The maximum absolute atomic E-state index is 11.5. The first-order valence-corrected chi connectivity index (χ1v) is 11.3. The number of benzene rings is 2. The van der Waals surface area contributed by atoms with Gasteiger partial charge < -0.3 is 15.2 Å². The highest BCUT2D eigenvalue weighted by Crippen LogP contribution is 2.21. The van der Waals surface area contributed by atoms with E-state index in [2.05, 4.69) is 5.32 Å². The van der Waals surface area contributed by atoms with Gasteiger partial charge in [0.15, 0.2) is 0 Å². The molecule has 0 radical (unpaired) electrons. The average molecular weight is 447 g/mol. The molecule has 28 heavy (non-hydrogen) atoms. The van der Waals surface area contributed by atoms with Gasteiger partial charge in [-0.3, -0.25) is 4.31 Å². The van der Waals surface area contributed by atoms with Crippen LogP contribution in [-0.4, -0.2) is 52.6 Å². The molecule has 0 amide bonds. The van der Waals surface area contributed by atoms with Crippen molar-refractivity contribution in [2.24, 2.45) is 0 Å². The Morgan fingerprint density at radius 3 is 2.50 bits per heavy atom. The predicted molar refractivity (Wildman–Crippen MR) is 114 cm³/mol. The van der Waals surface area contributed by atoms with E-state index in [4.69, 9.17) is 27.9 Å². The van der Waals surface area contributed by atoms with E-state index in [0.717, 1.165) is 11.8 Å². The molecule has 0 aliphatic carbocycles. The van der Waals surface area contributed by atoms with Gasteiger partial charge in [0.25, 0.3) is 0 Å². The minimum absolute atomic E-state index is 0.117. The molecule has 2 N–H and O–H groups in total. The van der Waals surface area contributed by atoms with Gasteiger partial charge in [-0.05, 0) is 61.0 Å². The number of halogens is 2. The summed E-state index contributed by atoms with van der Waals surface area (Å²) in [5.41, 5.74) is 1.49. The third-order valence-electron chi connectivity index (χ3n) is 4.10. The van der Waals surface area contributed by atoms with E-state index in [-0.39, 0.29) is 6.61 Å². The van der Waals surface area contributed by atoms with Crippen LogP contribution in [0, 0.1) is 0 Å². The lowest BCUT2D eigenvalue weighted by atomic mass is 10.1. The van der Waals surface area contributed by atoms with Crippen molar-refractivity contribution >= 4 is 38.9 Å². The summed E-state index contributed by atoms with van der Waals surface area (Å²) in [6, 6.07) is 12.0. The first-order chi connectivity index (χ1) is 13.2. The Morgan fingerprint density at radius 1 is 1.18 bits per heavy atom. The van der Waals surface area contributed by atoms with E-state index < -0.39 is 16.1 Å². The van der Waals surface area contributed by atoms with Crippen LogP contribution < -0.4 is 14.4 Å². The van der Waals surface area contributed by atoms with E-state index in [1.54, 1.807) is 36.4 Å². The first kappa shape index (κ1) is 22.8. The van der Waals surface area contributed by atoms with Crippen molar-refractivity contribution in [3.05, 3.63) is 58.1 Å². The van der Waals surface area contributed by atoms with Gasteiger partial charge in [-0.25, -0.2) is 8.42 Å². The van der Waals surface area contributed by atoms with Gasteiger partial charge >= 0.3 is 0 Å². The number of hydrogen-bond donors (Lipinski definition) is 2. The molecule has 6 nitrogen and oxygen atoms in total. The Bertz CT molecular complexity index is 876. The molecular weight excluding hydrogens is 423 g/mol. The SMILES string of the molecule is CN(c1ccc(OC[C@@H](O)CNCCc2cc(Cl)ccc2Cl)cc1)S(C)(=O)=O. The van der Waals surface area contributed by atoms with E-state index in [0.29, 0.717) is 41.0 Å². The van der Waals surface area contributed by atoms with Crippen molar-refractivity contribution in [2.45, 2.75) is 12.5 Å². The second-order valence-corrected chi connectivity index (χ2v) is 9.24. The summed E-state index contributed by atoms with van der Waals surface area (Å²) >= 11 is 12.1. The zero-order valence-corrected chi connectivity index (χ0v) is 18.1. The topological polar surface area (TPSA) is 78.9 Å². The maximum atomic E-state index is 11.5. The number of rotatable bonds is 10. The fraction of sp³-hybridized carbons (Fsp3) is 0.368. The van der Waals surface area contributed by atoms with Gasteiger partial charge in [0, 0.05) is 23.6 Å². The van der Waals surface area contributed by atoms with Gasteiger partial charge in [0.2, 0.25) is 10.0 Å². The summed E-state index contributed by atoms with van der Waals surface area (Å²) in [6.45, 7) is 1.13. The monoisotopic (exact) mass is 446 g/mol. The average Bonchev–Trinajstić information content (AvgIpc) is 2.65. The van der Waals surface area contributed by atoms with E-state index in [1.165, 1.54) is 11.4 Å². The molecule has 0 bridgehead atoms. The highest BCUT2D eigenvalue weighted by atomic mass is 35.5. The molecule has 0 unspecified atom stereocenters. The molecule has 154 valence electrons. The standard InChI is InChI=1S/C19H24Cl2N2O4S/c1-23(28(2,25)26)16-4-6-18(7-5-16)27-13-17(24)12-22-10-9-14-11-15(20)3-8-19(14)21/h3-8,11,17,22,24H,9-10,12-13H2,1-2H3/t17-/m0/s1. The smallest absolute Gasteiger partial charge is 0.231 e. The minimum atomic E-state index is -3.30. The predicted octanol–water partition coefficient (Wildman–Crippen LogP) is 2.96. The molecule has 1 atom stereocenters. The molecule has 0 spiro atoms. The van der Waals surface area contributed by atoms with Crippen molar-refractivity contribution in [3.63, 3.8) is 0 Å². The summed E-state index contributed by atoms with van der Waals surface area (Å²) < 4.78 is 29.8. The van der Waals surface area contributed by atoms with E-state index in [9.17, 15) is 13.5 Å². The van der Waals surface area contributed by atoms with Crippen LogP contribution in [0.2, 0.25) is 10.0 Å². The summed E-state index contributed by atoms with van der Waals surface area (Å²) in [4.78, 5) is 0. The number of sulfonamides is 1. The van der Waals surface area contributed by atoms with Gasteiger partial charge in [-0.15, -0.1) is 0 Å². The third kappa shape index (κ3) is 7.14. The number of ether oxygens (including phenoxy) is 1. The van der Waals surface area contributed by atoms with Crippen molar-refractivity contribution in [2.75, 3.05) is 37.3 Å². The second kappa shape index (κ2) is 10.3. The quantitative estimate of drug-likeness (QED) is 0.548. The number of hydrogen-bond acceptors (Lipinski definition) is 5. The molecule has 0 aliphatic rings. The molecule has 0 fully saturated rings. The first-order valence-electron chi connectivity index (χ1n) is 8.66. The Morgan fingerprint density at radius 2 is 1.86 bits per heavy atom. The normalized spacial score (nSPS) is 12.6. The lowest BCUT2D eigenvalue weighted by Gasteiger charge is -2.17. The van der Waals surface area contributed by atoms with Crippen LogP contribution in [0.25, 0.3) is 0 Å². The maximum Gasteiger partial charge on any atom is 0.231 e. The van der Waals surface area contributed by atoms with Crippen molar-refractivity contribution in [1.29, 1.82) is 0 Å². The van der Waals surface area contributed by atoms with Crippen LogP contribution >= 0.6 is 23.2 Å². The molecule has 0 saturated carbocycles. The minimum Gasteiger partial charge on any atom is -0.491 e. The number of anilines is 1. The van der Waals surface area contributed by atoms with Crippen LogP contribution in [0.4, 0.5) is 5.69 Å². The van der Waals surface area contributed by atoms with Gasteiger partial charge in [-0.2, -0.15) is 0 Å². The van der Waals surface area contributed by atoms with Crippen molar-refractivity contribution in [3.8, 4) is 5.75 Å². The Hall–Kier alpha value is -1.51. The molecule has 0 saturated heterocycles. The number of nitrogens with one attached hydrogen (secondary N) is 1. The Labute approximate surface area is 176 Å². The molecule has 0 heterocycles. The largest absolute Gasteiger partial charge is 0.491 e. The van der Waals surface area contributed by atoms with Crippen LogP contribution in [0.3, 0.4) is 0 Å². The van der Waals surface area contributed by atoms with Crippen LogP contribution in [0.15, 0.2) is 42.5 Å². The lowest BCUT2D eigenvalue weighted by Crippen LogP contribution is -2.32. The van der Waals surface area contributed by atoms with Gasteiger partial charge in [0.1, 0.15) is 18.5 Å². The molecule has 0 aliphatic heterocycles. The zero-order chi connectivity index (χ0) is 20.7. The van der Waals surface area contributed by atoms with E-state index >= 15 is 0 Å². The summed E-state index contributed by atoms with van der Waals surface area (Å²) in [6.07, 6.45) is 1.15. The summed E-state index contributed by atoms with van der Waals surface area (Å²) in [5, 5.41) is 14.5. The van der Waals surface area contributed by atoms with Gasteiger partial charge in [0.05, 0.1) is 11.9 Å². The fourth-order valence-corrected chi connectivity index (χ4v) is 3.33. The zero-order valence-electron chi connectivity index (χ0n) is 15.7. The highest BCUT2D eigenvalue weighted by Gasteiger charge is 2.12. The summed E-state index contributed by atoms with van der Waals surface area (Å²) in [5.74, 6) is 0.551. The highest BCUT2D eigenvalue weighted by molar-refractivity contribution is 7.92. The Balaban J connectivity index is 1.72. The third-order valence-corrected chi connectivity index (χ3v) is 5.91. The number of nitrogens with zero attached hydrogens (tertiary/aromatic N) is 1. The van der Waals surface area contributed by atoms with Crippen molar-refractivity contribution in [1.82, 2.24) is 5.32 Å². The van der Waals surface area contributed by atoms with Gasteiger partial charge in [-0.1, -0.05) is 23.2 Å². The number of aliphatic hydroxyl groups is 1. The molecule has 2 aromatic rings. The van der Waals surface area contributed by atoms with Crippen LogP contribution in [0.5, 0.6) is 5.75 Å². The van der Waals surface area contributed by atoms with Crippen molar-refractivity contribution < 1.29 is 18.3 Å². The molecule has 2 aromatic carbocycles. The molecule has 9 heteroatoms. The van der Waals surface area contributed by atoms with E-state index in [1.807, 2.05) is 6.07 Å². The Kier molecular flexibility index (Phi) is 8.39. The second-order valence-electron chi connectivity index (χ2n) is 6.38. The summed E-state index contributed by atoms with van der Waals surface area (Å²) in [7, 11) is -1.82. The molecule has 0 aromatic heterocycles. The fourth-order valence-electron chi connectivity index (χ4n) is 2.42. The van der Waals surface area contributed by atoms with Crippen LogP contribution in [0.1, 0.15) is 5.56 Å². The number of aliphatic hydroxyl groups excluding tert-OH is 1. The molecular formula is C19H24Cl2N2O4S. The molecule has 2 rings (SSSR count).